The number of nitrogens with zero attached hydrogens (tertiary/aromatic N) is 1. The fourth-order valence-electron chi connectivity index (χ4n) is 2.63. The summed E-state index contributed by atoms with van der Waals surface area (Å²) in [5.74, 6) is -0.0522. The molecule has 0 spiro atoms. The third kappa shape index (κ3) is 4.20. The van der Waals surface area contributed by atoms with E-state index in [1.54, 1.807) is 17.5 Å². The molecule has 0 saturated carbocycles. The molecule has 0 aliphatic carbocycles. The Kier molecular flexibility index (Phi) is 5.23. The molecule has 134 valence electrons. The lowest BCUT2D eigenvalue weighted by Crippen LogP contribution is -2.42. The normalized spacial score (nSPS) is 11.4. The van der Waals surface area contributed by atoms with Crippen molar-refractivity contribution in [1.82, 2.24) is 10.3 Å². The number of benzene rings is 2. The maximum absolute atomic E-state index is 12.9. The quantitative estimate of drug-likeness (QED) is 0.630. The van der Waals surface area contributed by atoms with Crippen LogP contribution in [0.5, 0.6) is 0 Å². The molecule has 0 unspecified atom stereocenters. The van der Waals surface area contributed by atoms with E-state index < -0.39 is 0 Å². The molecule has 26 heavy (non-hydrogen) atoms. The van der Waals surface area contributed by atoms with Crippen LogP contribution in [0.25, 0.3) is 21.7 Å². The summed E-state index contributed by atoms with van der Waals surface area (Å²) in [5, 5.41) is 6.00. The monoisotopic (exact) mass is 364 g/mol. The molecule has 0 saturated heterocycles. The first-order valence-electron chi connectivity index (χ1n) is 8.82. The standard InChI is InChI=1S/C22H24N2OS/c1-5-22(3,4)24-20(25)18-12-17(16-8-6-15(2)7-9-16)13-19(14-18)21-23-10-11-26-21/h6-14H,5H2,1-4H3,(H,24,25). The zero-order chi connectivity index (χ0) is 18.7. The Labute approximate surface area is 159 Å². The third-order valence-electron chi connectivity index (χ3n) is 4.60. The number of carbonyl (C=O) groups is 1. The minimum atomic E-state index is -0.238. The highest BCUT2D eigenvalue weighted by Crippen LogP contribution is 2.30. The number of rotatable bonds is 5. The molecule has 3 nitrogen and oxygen atoms in total. The van der Waals surface area contributed by atoms with Gasteiger partial charge in [-0.1, -0.05) is 36.8 Å². The molecule has 0 aliphatic rings. The average molecular weight is 365 g/mol. The van der Waals surface area contributed by atoms with Gasteiger partial charge in [-0.15, -0.1) is 11.3 Å². The fourth-order valence-corrected chi connectivity index (χ4v) is 3.26. The predicted molar refractivity (Wildman–Crippen MR) is 110 cm³/mol. The van der Waals surface area contributed by atoms with Crippen molar-refractivity contribution in [2.75, 3.05) is 0 Å². The van der Waals surface area contributed by atoms with Gasteiger partial charge < -0.3 is 5.32 Å². The molecule has 1 N–H and O–H groups in total. The number of amides is 1. The maximum atomic E-state index is 12.9. The van der Waals surface area contributed by atoms with E-state index >= 15 is 0 Å². The topological polar surface area (TPSA) is 42.0 Å². The minimum Gasteiger partial charge on any atom is -0.347 e. The summed E-state index contributed by atoms with van der Waals surface area (Å²) >= 11 is 1.58. The summed E-state index contributed by atoms with van der Waals surface area (Å²) in [6.45, 7) is 8.22. The van der Waals surface area contributed by atoms with Gasteiger partial charge in [0.15, 0.2) is 0 Å². The Bertz CT molecular complexity index is 896. The van der Waals surface area contributed by atoms with Gasteiger partial charge in [0.05, 0.1) is 0 Å². The number of nitrogens with one attached hydrogen (secondary N) is 1. The second-order valence-electron chi connectivity index (χ2n) is 7.19. The second-order valence-corrected chi connectivity index (χ2v) is 8.09. The van der Waals surface area contributed by atoms with E-state index in [0.29, 0.717) is 5.56 Å². The zero-order valence-corrected chi connectivity index (χ0v) is 16.5. The van der Waals surface area contributed by atoms with Gasteiger partial charge >= 0.3 is 0 Å². The van der Waals surface area contributed by atoms with E-state index in [2.05, 4.69) is 54.5 Å². The average Bonchev–Trinajstić information content (AvgIpc) is 3.16. The van der Waals surface area contributed by atoms with E-state index in [-0.39, 0.29) is 11.4 Å². The van der Waals surface area contributed by atoms with Crippen molar-refractivity contribution >= 4 is 17.2 Å². The fraction of sp³-hybridized carbons (Fsp3) is 0.273. The van der Waals surface area contributed by atoms with Gasteiger partial charge in [-0.05, 0) is 56.5 Å². The Morgan fingerprint density at radius 3 is 2.38 bits per heavy atom. The van der Waals surface area contributed by atoms with Crippen molar-refractivity contribution in [3.63, 3.8) is 0 Å². The lowest BCUT2D eigenvalue weighted by atomic mass is 9.97. The first-order valence-corrected chi connectivity index (χ1v) is 9.70. The Morgan fingerprint density at radius 1 is 1.08 bits per heavy atom. The van der Waals surface area contributed by atoms with E-state index in [4.69, 9.17) is 0 Å². The van der Waals surface area contributed by atoms with Crippen molar-refractivity contribution in [3.05, 3.63) is 65.2 Å². The zero-order valence-electron chi connectivity index (χ0n) is 15.7. The van der Waals surface area contributed by atoms with Crippen LogP contribution in [0.2, 0.25) is 0 Å². The molecule has 4 heteroatoms. The maximum Gasteiger partial charge on any atom is 0.251 e. The van der Waals surface area contributed by atoms with Crippen LogP contribution in [0.3, 0.4) is 0 Å². The van der Waals surface area contributed by atoms with Crippen molar-refractivity contribution in [3.8, 4) is 21.7 Å². The largest absolute Gasteiger partial charge is 0.347 e. The molecule has 0 bridgehead atoms. The highest BCUT2D eigenvalue weighted by Gasteiger charge is 2.20. The number of hydrogen-bond acceptors (Lipinski definition) is 3. The van der Waals surface area contributed by atoms with Crippen LogP contribution < -0.4 is 5.32 Å². The van der Waals surface area contributed by atoms with Crippen molar-refractivity contribution in [1.29, 1.82) is 0 Å². The van der Waals surface area contributed by atoms with Crippen LogP contribution in [0.15, 0.2) is 54.0 Å². The molecular formula is C22H24N2OS. The first kappa shape index (κ1) is 18.3. The Hall–Kier alpha value is -2.46. The summed E-state index contributed by atoms with van der Waals surface area (Å²) < 4.78 is 0. The smallest absolute Gasteiger partial charge is 0.251 e. The second kappa shape index (κ2) is 7.42. The van der Waals surface area contributed by atoms with Gasteiger partial charge in [0.2, 0.25) is 0 Å². The van der Waals surface area contributed by atoms with Crippen LogP contribution in [-0.4, -0.2) is 16.4 Å². The molecule has 0 atom stereocenters. The summed E-state index contributed by atoms with van der Waals surface area (Å²) in [5.41, 5.74) is 4.73. The van der Waals surface area contributed by atoms with Crippen LogP contribution >= 0.6 is 11.3 Å². The molecular weight excluding hydrogens is 340 g/mol. The molecule has 2 aromatic carbocycles. The number of carbonyl (C=O) groups excluding carboxylic acids is 1. The van der Waals surface area contributed by atoms with E-state index in [0.717, 1.165) is 28.1 Å². The van der Waals surface area contributed by atoms with E-state index in [1.807, 2.05) is 31.4 Å². The van der Waals surface area contributed by atoms with E-state index in [9.17, 15) is 4.79 Å². The summed E-state index contributed by atoms with van der Waals surface area (Å²) in [6, 6.07) is 14.4. The van der Waals surface area contributed by atoms with E-state index in [1.165, 1.54) is 5.56 Å². The molecule has 0 fully saturated rings. The van der Waals surface area contributed by atoms with Crippen molar-refractivity contribution in [2.24, 2.45) is 0 Å². The molecule has 0 aliphatic heterocycles. The molecule has 1 amide bonds. The van der Waals surface area contributed by atoms with Gasteiger partial charge in [-0.3, -0.25) is 4.79 Å². The number of thiazole rings is 1. The molecule has 0 radical (unpaired) electrons. The van der Waals surface area contributed by atoms with Gasteiger partial charge in [0.1, 0.15) is 5.01 Å². The van der Waals surface area contributed by atoms with Crippen molar-refractivity contribution in [2.45, 2.75) is 39.7 Å². The van der Waals surface area contributed by atoms with Crippen LogP contribution in [0.1, 0.15) is 43.1 Å². The lowest BCUT2D eigenvalue weighted by molar-refractivity contribution is 0.0911. The molecule has 1 heterocycles. The van der Waals surface area contributed by atoms with Crippen LogP contribution in [0, 0.1) is 6.92 Å². The van der Waals surface area contributed by atoms with Crippen LogP contribution in [0.4, 0.5) is 0 Å². The molecule has 3 aromatic rings. The van der Waals surface area contributed by atoms with Gasteiger partial charge in [0.25, 0.3) is 5.91 Å². The van der Waals surface area contributed by atoms with Gasteiger partial charge in [-0.25, -0.2) is 4.98 Å². The minimum absolute atomic E-state index is 0.0522. The summed E-state index contributed by atoms with van der Waals surface area (Å²) in [7, 11) is 0. The third-order valence-corrected chi connectivity index (χ3v) is 5.42. The van der Waals surface area contributed by atoms with Crippen molar-refractivity contribution < 1.29 is 4.79 Å². The molecule has 3 rings (SSSR count). The molecule has 1 aromatic heterocycles. The Balaban J connectivity index is 2.06. The number of aromatic nitrogens is 1. The SMILES string of the molecule is CCC(C)(C)NC(=O)c1cc(-c2ccc(C)cc2)cc(-c2nccs2)c1. The lowest BCUT2D eigenvalue weighted by Gasteiger charge is -2.24. The highest BCUT2D eigenvalue weighted by atomic mass is 32.1. The Morgan fingerprint density at radius 2 is 1.77 bits per heavy atom. The number of aryl methyl sites for hydroxylation is 1. The van der Waals surface area contributed by atoms with Crippen LogP contribution in [-0.2, 0) is 0 Å². The summed E-state index contributed by atoms with van der Waals surface area (Å²) in [6.07, 6.45) is 2.66. The van der Waals surface area contributed by atoms with Gasteiger partial charge in [0, 0.05) is 28.2 Å². The first-order chi connectivity index (χ1) is 12.4. The van der Waals surface area contributed by atoms with Gasteiger partial charge in [-0.2, -0.15) is 0 Å². The summed E-state index contributed by atoms with van der Waals surface area (Å²) in [4.78, 5) is 17.3. The predicted octanol–water partition coefficient (Wildman–Crippen LogP) is 5.70. The number of hydrogen-bond donors (Lipinski definition) is 1. The highest BCUT2D eigenvalue weighted by molar-refractivity contribution is 7.13.